The highest BCUT2D eigenvalue weighted by atomic mass is 79.9. The lowest BCUT2D eigenvalue weighted by Gasteiger charge is -2.26. The van der Waals surface area contributed by atoms with Crippen molar-refractivity contribution in [1.82, 2.24) is 15.4 Å². The summed E-state index contributed by atoms with van der Waals surface area (Å²) in [4.78, 5) is 30.4. The van der Waals surface area contributed by atoms with Gasteiger partial charge < -0.3 is 4.98 Å². The second-order valence-corrected chi connectivity index (χ2v) is 10.3. The van der Waals surface area contributed by atoms with Crippen molar-refractivity contribution in [2.45, 2.75) is 6.04 Å². The number of fused-ring (bicyclic) bond motifs is 1. The molecule has 0 radical (unpaired) electrons. The van der Waals surface area contributed by atoms with Gasteiger partial charge in [-0.05, 0) is 53.6 Å². The predicted octanol–water partition coefficient (Wildman–Crippen LogP) is 7.35. The van der Waals surface area contributed by atoms with E-state index in [1.807, 2.05) is 84.9 Å². The standard InChI is InChI=1S/C31H21BrClN3O2/c32-22-14-15-25-24(17-22)28(20-10-5-2-6-11-20)29(30(37)34-25)26-18-27(19-8-3-1-4-9-19)36(35-26)31(38)21-12-7-13-23(33)16-21/h1-18,27,35H,(H,34,37)/t27-/m1/s1. The number of halogens is 2. The molecule has 0 unspecified atom stereocenters. The van der Waals surface area contributed by atoms with Crippen LogP contribution in [0.3, 0.4) is 0 Å². The normalized spacial score (nSPS) is 14.8. The molecule has 7 heteroatoms. The first-order chi connectivity index (χ1) is 18.5. The van der Waals surface area contributed by atoms with Crippen molar-refractivity contribution in [3.05, 3.63) is 146 Å². The lowest BCUT2D eigenvalue weighted by molar-refractivity contribution is 0.0672. The summed E-state index contributed by atoms with van der Waals surface area (Å²) in [6.45, 7) is 0. The summed E-state index contributed by atoms with van der Waals surface area (Å²) >= 11 is 9.78. The fraction of sp³-hybridized carbons (Fsp3) is 0.0323. The van der Waals surface area contributed by atoms with Crippen molar-refractivity contribution < 1.29 is 4.79 Å². The van der Waals surface area contributed by atoms with Crippen LogP contribution >= 0.6 is 27.5 Å². The molecule has 0 saturated heterocycles. The number of hydrazine groups is 1. The van der Waals surface area contributed by atoms with Crippen LogP contribution < -0.4 is 11.0 Å². The highest BCUT2D eigenvalue weighted by Gasteiger charge is 2.33. The van der Waals surface area contributed by atoms with Gasteiger partial charge in [-0.1, -0.05) is 94.3 Å². The molecule has 6 rings (SSSR count). The lowest BCUT2D eigenvalue weighted by Crippen LogP contribution is -2.40. The molecule has 0 spiro atoms. The number of hydrogen-bond donors (Lipinski definition) is 2. The number of aromatic amines is 1. The Morgan fingerprint density at radius 1 is 0.842 bits per heavy atom. The summed E-state index contributed by atoms with van der Waals surface area (Å²) < 4.78 is 0.897. The number of carbonyl (C=O) groups excluding carboxylic acids is 1. The van der Waals surface area contributed by atoms with E-state index in [0.29, 0.717) is 21.8 Å². The van der Waals surface area contributed by atoms with Gasteiger partial charge in [0.05, 0.1) is 17.3 Å². The van der Waals surface area contributed by atoms with Crippen LogP contribution in [0.5, 0.6) is 0 Å². The fourth-order valence-corrected chi connectivity index (χ4v) is 5.42. The average molecular weight is 583 g/mol. The van der Waals surface area contributed by atoms with Crippen LogP contribution in [0.2, 0.25) is 5.02 Å². The smallest absolute Gasteiger partial charge is 0.273 e. The Morgan fingerprint density at radius 3 is 2.32 bits per heavy atom. The number of nitrogens with zero attached hydrogens (tertiary/aromatic N) is 1. The molecule has 4 aromatic carbocycles. The second-order valence-electron chi connectivity index (χ2n) is 8.99. The highest BCUT2D eigenvalue weighted by molar-refractivity contribution is 9.10. The van der Waals surface area contributed by atoms with Crippen molar-refractivity contribution in [1.29, 1.82) is 0 Å². The zero-order valence-corrected chi connectivity index (χ0v) is 22.3. The monoisotopic (exact) mass is 581 g/mol. The molecule has 0 aliphatic carbocycles. The minimum atomic E-state index is -0.445. The molecule has 1 aliphatic rings. The molecule has 1 aliphatic heterocycles. The third kappa shape index (κ3) is 4.42. The number of amides is 1. The summed E-state index contributed by atoms with van der Waals surface area (Å²) in [7, 11) is 0. The van der Waals surface area contributed by atoms with Gasteiger partial charge >= 0.3 is 0 Å². The van der Waals surface area contributed by atoms with E-state index >= 15 is 0 Å². The van der Waals surface area contributed by atoms with Gasteiger partial charge in [0.2, 0.25) is 0 Å². The molecule has 1 atom stereocenters. The maximum Gasteiger partial charge on any atom is 0.273 e. The summed E-state index contributed by atoms with van der Waals surface area (Å²) in [5.74, 6) is -0.256. The molecular formula is C31H21BrClN3O2. The van der Waals surface area contributed by atoms with Gasteiger partial charge in [-0.25, -0.2) is 5.01 Å². The quantitative estimate of drug-likeness (QED) is 0.233. The number of rotatable bonds is 4. The first kappa shape index (κ1) is 24.2. The van der Waals surface area contributed by atoms with E-state index in [-0.39, 0.29) is 11.5 Å². The van der Waals surface area contributed by atoms with E-state index in [4.69, 9.17) is 11.6 Å². The van der Waals surface area contributed by atoms with E-state index in [1.165, 1.54) is 0 Å². The van der Waals surface area contributed by atoms with Crippen LogP contribution in [-0.2, 0) is 0 Å². The van der Waals surface area contributed by atoms with E-state index in [2.05, 4.69) is 26.3 Å². The number of H-pyrrole nitrogens is 1. The average Bonchev–Trinajstić information content (AvgIpc) is 3.38. The molecule has 2 N–H and O–H groups in total. The maximum atomic E-state index is 13.7. The molecule has 1 aromatic heterocycles. The number of carbonyl (C=O) groups is 1. The number of benzene rings is 4. The minimum absolute atomic E-state index is 0.249. The molecule has 5 nitrogen and oxygen atoms in total. The minimum Gasteiger partial charge on any atom is -0.321 e. The zero-order chi connectivity index (χ0) is 26.2. The van der Waals surface area contributed by atoms with E-state index in [9.17, 15) is 9.59 Å². The van der Waals surface area contributed by atoms with Crippen LogP contribution in [0.25, 0.3) is 27.7 Å². The summed E-state index contributed by atoms with van der Waals surface area (Å²) in [5, 5.41) is 2.91. The van der Waals surface area contributed by atoms with Crippen LogP contribution in [0, 0.1) is 0 Å². The van der Waals surface area contributed by atoms with Crippen LogP contribution in [-0.4, -0.2) is 15.9 Å². The van der Waals surface area contributed by atoms with E-state index in [0.717, 1.165) is 32.1 Å². The van der Waals surface area contributed by atoms with Crippen molar-refractivity contribution in [3.8, 4) is 11.1 Å². The first-order valence-electron chi connectivity index (χ1n) is 12.0. The van der Waals surface area contributed by atoms with Crippen molar-refractivity contribution >= 4 is 50.0 Å². The largest absolute Gasteiger partial charge is 0.321 e. The van der Waals surface area contributed by atoms with E-state index < -0.39 is 6.04 Å². The molecule has 0 fully saturated rings. The second kappa shape index (κ2) is 9.97. The molecule has 5 aromatic rings. The first-order valence-corrected chi connectivity index (χ1v) is 13.2. The Kier molecular flexibility index (Phi) is 6.35. The summed E-state index contributed by atoms with van der Waals surface area (Å²) in [6.07, 6.45) is 1.93. The molecule has 0 bridgehead atoms. The molecular weight excluding hydrogens is 562 g/mol. The Hall–Kier alpha value is -4.13. The molecule has 1 amide bonds. The zero-order valence-electron chi connectivity index (χ0n) is 20.0. The SMILES string of the molecule is O=C(c1cccc(Cl)c1)N1NC(c2c(-c3ccccc3)c3cc(Br)ccc3[nH]c2=O)=C[C@@H]1c1ccccc1. The van der Waals surface area contributed by atoms with Crippen molar-refractivity contribution in [2.75, 3.05) is 0 Å². The topological polar surface area (TPSA) is 65.2 Å². The van der Waals surface area contributed by atoms with Gasteiger partial charge in [-0.15, -0.1) is 0 Å². The fourth-order valence-electron chi connectivity index (χ4n) is 4.87. The van der Waals surface area contributed by atoms with Crippen LogP contribution in [0.1, 0.15) is 27.5 Å². The third-order valence-corrected chi connectivity index (χ3v) is 7.31. The van der Waals surface area contributed by atoms with Gasteiger partial charge in [0.25, 0.3) is 11.5 Å². The third-order valence-electron chi connectivity index (χ3n) is 6.58. The Balaban J connectivity index is 1.56. The van der Waals surface area contributed by atoms with Crippen LogP contribution in [0.15, 0.2) is 118 Å². The number of hydrogen-bond acceptors (Lipinski definition) is 3. The molecule has 0 saturated carbocycles. The van der Waals surface area contributed by atoms with Crippen molar-refractivity contribution in [3.63, 3.8) is 0 Å². The summed E-state index contributed by atoms with van der Waals surface area (Å²) in [6, 6.07) is 31.7. The Labute approximate surface area is 232 Å². The maximum absolute atomic E-state index is 13.7. The van der Waals surface area contributed by atoms with E-state index in [1.54, 1.807) is 29.3 Å². The summed E-state index contributed by atoms with van der Waals surface area (Å²) in [5.41, 5.74) is 7.80. The van der Waals surface area contributed by atoms with Gasteiger partial charge in [0.1, 0.15) is 0 Å². The Bertz CT molecular complexity index is 1770. The predicted molar refractivity (Wildman–Crippen MR) is 156 cm³/mol. The van der Waals surface area contributed by atoms with Gasteiger partial charge in [-0.2, -0.15) is 0 Å². The molecule has 186 valence electrons. The number of nitrogens with one attached hydrogen (secondary N) is 2. The van der Waals surface area contributed by atoms with Gasteiger partial charge in [0, 0.05) is 31.5 Å². The van der Waals surface area contributed by atoms with Gasteiger partial charge in [-0.3, -0.25) is 15.0 Å². The van der Waals surface area contributed by atoms with Crippen molar-refractivity contribution in [2.24, 2.45) is 0 Å². The number of aromatic nitrogens is 1. The lowest BCUT2D eigenvalue weighted by atomic mass is 9.94. The number of pyridine rings is 1. The van der Waals surface area contributed by atoms with Crippen LogP contribution in [0.4, 0.5) is 0 Å². The van der Waals surface area contributed by atoms with Gasteiger partial charge in [0.15, 0.2) is 0 Å². The molecule has 38 heavy (non-hydrogen) atoms. The Morgan fingerprint density at radius 2 is 1.58 bits per heavy atom. The molecule has 2 heterocycles. The highest BCUT2D eigenvalue weighted by Crippen LogP contribution is 2.38.